The molecule has 0 aliphatic heterocycles. The standard InChI is InChI=1S/C8H7BrClF2NO/c1-14-5-2-4(3-9)7(10)13-6(5)8(11)12/h2,8H,3H2,1H3. The second-order valence-corrected chi connectivity index (χ2v) is 3.38. The first kappa shape index (κ1) is 11.7. The van der Waals surface area contributed by atoms with E-state index in [1.807, 2.05) is 0 Å². The van der Waals surface area contributed by atoms with Gasteiger partial charge in [0.25, 0.3) is 6.43 Å². The molecule has 0 aliphatic rings. The van der Waals surface area contributed by atoms with Crippen LogP contribution in [0.2, 0.25) is 5.15 Å². The molecule has 0 aliphatic carbocycles. The van der Waals surface area contributed by atoms with Gasteiger partial charge in [0.15, 0.2) is 0 Å². The zero-order chi connectivity index (χ0) is 10.7. The van der Waals surface area contributed by atoms with Gasteiger partial charge in [0.2, 0.25) is 0 Å². The molecule has 78 valence electrons. The molecule has 6 heteroatoms. The van der Waals surface area contributed by atoms with Crippen molar-refractivity contribution in [1.82, 2.24) is 4.98 Å². The first-order chi connectivity index (χ1) is 6.60. The maximum atomic E-state index is 12.4. The molecule has 0 radical (unpaired) electrons. The molecular formula is C8H7BrClF2NO. The van der Waals surface area contributed by atoms with Crippen molar-refractivity contribution in [1.29, 1.82) is 0 Å². The van der Waals surface area contributed by atoms with E-state index in [-0.39, 0.29) is 10.9 Å². The third kappa shape index (κ3) is 2.33. The number of hydrogen-bond donors (Lipinski definition) is 0. The minimum atomic E-state index is -2.69. The predicted octanol–water partition coefficient (Wildman–Crippen LogP) is 3.58. The van der Waals surface area contributed by atoms with Gasteiger partial charge in [0, 0.05) is 10.9 Å². The molecule has 2 nitrogen and oxygen atoms in total. The van der Waals surface area contributed by atoms with Crippen molar-refractivity contribution in [2.45, 2.75) is 11.8 Å². The van der Waals surface area contributed by atoms with Crippen molar-refractivity contribution in [3.8, 4) is 5.75 Å². The molecule has 14 heavy (non-hydrogen) atoms. The molecule has 0 amide bonds. The van der Waals surface area contributed by atoms with Crippen molar-refractivity contribution in [3.63, 3.8) is 0 Å². The molecule has 0 unspecified atom stereocenters. The van der Waals surface area contributed by atoms with E-state index in [1.165, 1.54) is 13.2 Å². The Balaban J connectivity index is 3.24. The summed E-state index contributed by atoms with van der Waals surface area (Å²) in [7, 11) is 1.31. The van der Waals surface area contributed by atoms with Crippen LogP contribution in [0, 0.1) is 0 Å². The summed E-state index contributed by atoms with van der Waals surface area (Å²) in [5, 5.41) is 0.511. The minimum absolute atomic E-state index is 0.0545. The quantitative estimate of drug-likeness (QED) is 0.626. The molecule has 0 spiro atoms. The van der Waals surface area contributed by atoms with Gasteiger partial charge in [-0.3, -0.25) is 0 Å². The number of methoxy groups -OCH3 is 1. The van der Waals surface area contributed by atoms with Gasteiger partial charge in [0.05, 0.1) is 7.11 Å². The Bertz CT molecular complexity index is 335. The van der Waals surface area contributed by atoms with Gasteiger partial charge < -0.3 is 4.74 Å². The number of nitrogens with zero attached hydrogens (tertiary/aromatic N) is 1. The number of halogens is 4. The van der Waals surface area contributed by atoms with E-state index in [0.29, 0.717) is 10.9 Å². The molecule has 0 saturated carbocycles. The summed E-state index contributed by atoms with van der Waals surface area (Å²) >= 11 is 8.84. The maximum Gasteiger partial charge on any atom is 0.284 e. The Morgan fingerprint density at radius 1 is 1.64 bits per heavy atom. The molecule has 0 atom stereocenters. The predicted molar refractivity (Wildman–Crippen MR) is 53.4 cm³/mol. The summed E-state index contributed by atoms with van der Waals surface area (Å²) in [6, 6.07) is 1.45. The molecule has 0 fully saturated rings. The van der Waals surface area contributed by atoms with E-state index >= 15 is 0 Å². The van der Waals surface area contributed by atoms with E-state index in [9.17, 15) is 8.78 Å². The third-order valence-corrected chi connectivity index (χ3v) is 2.54. The van der Waals surface area contributed by atoms with Gasteiger partial charge in [-0.2, -0.15) is 0 Å². The lowest BCUT2D eigenvalue weighted by atomic mass is 10.2. The number of rotatable bonds is 3. The molecular weight excluding hydrogens is 279 g/mol. The Labute approximate surface area is 93.4 Å². The van der Waals surface area contributed by atoms with Crippen molar-refractivity contribution in [2.75, 3.05) is 7.11 Å². The van der Waals surface area contributed by atoms with E-state index in [2.05, 4.69) is 20.9 Å². The Hall–Kier alpha value is -0.420. The molecule has 1 rings (SSSR count). The normalized spacial score (nSPS) is 10.7. The maximum absolute atomic E-state index is 12.4. The number of hydrogen-bond acceptors (Lipinski definition) is 2. The highest BCUT2D eigenvalue weighted by Gasteiger charge is 2.18. The summed E-state index contributed by atoms with van der Waals surface area (Å²) in [5.41, 5.74) is 0.190. The number of alkyl halides is 3. The Kier molecular flexibility index (Phi) is 4.07. The van der Waals surface area contributed by atoms with Crippen LogP contribution in [-0.4, -0.2) is 12.1 Å². The lowest BCUT2D eigenvalue weighted by Crippen LogP contribution is -1.99. The summed E-state index contributed by atoms with van der Waals surface area (Å²) in [6.07, 6.45) is -2.69. The second kappa shape index (κ2) is 4.89. The van der Waals surface area contributed by atoms with Crippen LogP contribution in [0.5, 0.6) is 5.75 Å². The van der Waals surface area contributed by atoms with Crippen LogP contribution in [0.1, 0.15) is 17.7 Å². The van der Waals surface area contributed by atoms with Crippen LogP contribution in [0.25, 0.3) is 0 Å². The topological polar surface area (TPSA) is 22.1 Å². The Morgan fingerprint density at radius 3 is 2.71 bits per heavy atom. The van der Waals surface area contributed by atoms with Gasteiger partial charge in [-0.25, -0.2) is 13.8 Å². The number of ether oxygens (including phenoxy) is 1. The van der Waals surface area contributed by atoms with Crippen LogP contribution >= 0.6 is 27.5 Å². The first-order valence-electron chi connectivity index (χ1n) is 3.67. The number of aromatic nitrogens is 1. The molecule has 0 aromatic carbocycles. The van der Waals surface area contributed by atoms with Crippen LogP contribution in [0.4, 0.5) is 8.78 Å². The average molecular weight is 287 g/mol. The first-order valence-corrected chi connectivity index (χ1v) is 5.17. The highest BCUT2D eigenvalue weighted by atomic mass is 79.9. The highest BCUT2D eigenvalue weighted by molar-refractivity contribution is 9.08. The monoisotopic (exact) mass is 285 g/mol. The average Bonchev–Trinajstić information content (AvgIpc) is 2.17. The lowest BCUT2D eigenvalue weighted by molar-refractivity contribution is 0.141. The summed E-state index contributed by atoms with van der Waals surface area (Å²) in [4.78, 5) is 3.57. The third-order valence-electron chi connectivity index (χ3n) is 1.61. The fraction of sp³-hybridized carbons (Fsp3) is 0.375. The van der Waals surface area contributed by atoms with E-state index in [1.54, 1.807) is 0 Å². The summed E-state index contributed by atoms with van der Waals surface area (Å²) < 4.78 is 29.6. The second-order valence-electron chi connectivity index (χ2n) is 2.46. The van der Waals surface area contributed by atoms with Gasteiger partial charge in [-0.15, -0.1) is 0 Å². The molecule has 1 aromatic heterocycles. The van der Waals surface area contributed by atoms with Crippen molar-refractivity contribution >= 4 is 27.5 Å². The van der Waals surface area contributed by atoms with Gasteiger partial charge in [-0.05, 0) is 6.07 Å². The summed E-state index contributed by atoms with van der Waals surface area (Å²) in [6.45, 7) is 0. The van der Waals surface area contributed by atoms with Crippen molar-refractivity contribution < 1.29 is 13.5 Å². The van der Waals surface area contributed by atoms with Crippen molar-refractivity contribution in [2.24, 2.45) is 0 Å². The smallest absolute Gasteiger partial charge is 0.284 e. The molecule has 0 bridgehead atoms. The SMILES string of the molecule is COc1cc(CBr)c(Cl)nc1C(F)F. The minimum Gasteiger partial charge on any atom is -0.495 e. The van der Waals surface area contributed by atoms with Gasteiger partial charge >= 0.3 is 0 Å². The zero-order valence-corrected chi connectivity index (χ0v) is 9.57. The van der Waals surface area contributed by atoms with Crippen LogP contribution in [0.15, 0.2) is 6.07 Å². The Morgan fingerprint density at radius 2 is 2.29 bits per heavy atom. The van der Waals surface area contributed by atoms with Crippen LogP contribution < -0.4 is 4.74 Å². The van der Waals surface area contributed by atoms with Gasteiger partial charge in [0.1, 0.15) is 16.6 Å². The van der Waals surface area contributed by atoms with Crippen molar-refractivity contribution in [3.05, 3.63) is 22.5 Å². The lowest BCUT2D eigenvalue weighted by Gasteiger charge is -2.09. The molecule has 0 N–H and O–H groups in total. The van der Waals surface area contributed by atoms with E-state index in [4.69, 9.17) is 16.3 Å². The molecule has 1 heterocycles. The fourth-order valence-corrected chi connectivity index (χ4v) is 1.74. The highest BCUT2D eigenvalue weighted by Crippen LogP contribution is 2.31. The van der Waals surface area contributed by atoms with Gasteiger partial charge in [-0.1, -0.05) is 27.5 Å². The van der Waals surface area contributed by atoms with Crippen LogP contribution in [-0.2, 0) is 5.33 Å². The largest absolute Gasteiger partial charge is 0.495 e. The van der Waals surface area contributed by atoms with E-state index in [0.717, 1.165) is 0 Å². The molecule has 1 aromatic rings. The fourth-order valence-electron chi connectivity index (χ4n) is 0.938. The number of pyridine rings is 1. The van der Waals surface area contributed by atoms with Crippen LogP contribution in [0.3, 0.4) is 0 Å². The van der Waals surface area contributed by atoms with E-state index < -0.39 is 12.1 Å². The summed E-state index contributed by atoms with van der Waals surface area (Å²) in [5.74, 6) is 0.0545. The zero-order valence-electron chi connectivity index (χ0n) is 7.23. The molecule has 0 saturated heterocycles.